The van der Waals surface area contributed by atoms with Gasteiger partial charge in [0.15, 0.2) is 0 Å². The van der Waals surface area contributed by atoms with E-state index in [-0.39, 0.29) is 0 Å². The Kier molecular flexibility index (Phi) is 4.10. The van der Waals surface area contributed by atoms with Crippen molar-refractivity contribution in [1.82, 2.24) is 0 Å². The third kappa shape index (κ3) is 2.89. The number of aliphatic carboxylic acids is 1. The molecule has 0 saturated heterocycles. The lowest BCUT2D eigenvalue weighted by Crippen LogP contribution is -2.42. The molecule has 1 unspecified atom stereocenters. The number of hydrogen-bond acceptors (Lipinski definition) is 3. The summed E-state index contributed by atoms with van der Waals surface area (Å²) in [4.78, 5) is 11.6. The number of carboxylic acid groups (broad SMARTS) is 1. The molecule has 1 aliphatic carbocycles. The molecule has 104 valence electrons. The average molecular weight is 264 g/mol. The molecule has 4 heteroatoms. The van der Waals surface area contributed by atoms with Crippen molar-refractivity contribution < 1.29 is 19.7 Å². The summed E-state index contributed by atoms with van der Waals surface area (Å²) < 4.78 is 5.07. The van der Waals surface area contributed by atoms with Gasteiger partial charge in [-0.1, -0.05) is 31.4 Å². The summed E-state index contributed by atoms with van der Waals surface area (Å²) in [7, 11) is 1.57. The highest BCUT2D eigenvalue weighted by atomic mass is 16.5. The van der Waals surface area contributed by atoms with Gasteiger partial charge in [0, 0.05) is 0 Å². The van der Waals surface area contributed by atoms with Crippen molar-refractivity contribution in [2.24, 2.45) is 0 Å². The summed E-state index contributed by atoms with van der Waals surface area (Å²) in [5.41, 5.74) is -0.490. The minimum Gasteiger partial charge on any atom is -0.497 e. The number of carboxylic acids is 1. The fraction of sp³-hybridized carbons (Fsp3) is 0.533. The van der Waals surface area contributed by atoms with Crippen molar-refractivity contribution in [3.63, 3.8) is 0 Å². The number of benzene rings is 1. The minimum atomic E-state index is -1.13. The number of rotatable bonds is 4. The maximum Gasteiger partial charge on any atom is 0.313 e. The molecule has 0 amide bonds. The van der Waals surface area contributed by atoms with Crippen LogP contribution in [0.4, 0.5) is 0 Å². The van der Waals surface area contributed by atoms with Crippen molar-refractivity contribution in [1.29, 1.82) is 0 Å². The summed E-state index contributed by atoms with van der Waals surface area (Å²) in [6.45, 7) is 0. The third-order valence-electron chi connectivity index (χ3n) is 3.95. The van der Waals surface area contributed by atoms with E-state index >= 15 is 0 Å². The van der Waals surface area contributed by atoms with Crippen LogP contribution in [0.3, 0.4) is 0 Å². The monoisotopic (exact) mass is 264 g/mol. The van der Waals surface area contributed by atoms with Crippen molar-refractivity contribution in [3.8, 4) is 5.75 Å². The van der Waals surface area contributed by atoms with Crippen molar-refractivity contribution in [3.05, 3.63) is 29.8 Å². The summed E-state index contributed by atoms with van der Waals surface area (Å²) in [6.07, 6.45) is 3.94. The summed E-state index contributed by atoms with van der Waals surface area (Å²) in [6, 6.07) is 6.92. The van der Waals surface area contributed by atoms with Gasteiger partial charge in [-0.05, 0) is 30.5 Å². The SMILES string of the molecule is COc1ccc(C(C(=O)O)C2(O)CCCCC2)cc1. The summed E-state index contributed by atoms with van der Waals surface area (Å²) in [5, 5.41) is 20.1. The zero-order valence-electron chi connectivity index (χ0n) is 11.1. The fourth-order valence-electron chi connectivity index (χ4n) is 2.93. The highest BCUT2D eigenvalue weighted by Gasteiger charge is 2.43. The number of ether oxygens (including phenoxy) is 1. The minimum absolute atomic E-state index is 0.552. The van der Waals surface area contributed by atoms with E-state index < -0.39 is 17.5 Å². The molecule has 0 heterocycles. The van der Waals surface area contributed by atoms with E-state index in [0.29, 0.717) is 24.2 Å². The molecule has 1 atom stereocenters. The number of aliphatic hydroxyl groups is 1. The Morgan fingerprint density at radius 3 is 2.26 bits per heavy atom. The zero-order chi connectivity index (χ0) is 13.9. The predicted octanol–water partition coefficient (Wildman–Crippen LogP) is 2.56. The van der Waals surface area contributed by atoms with Gasteiger partial charge in [-0.2, -0.15) is 0 Å². The first-order valence-electron chi connectivity index (χ1n) is 6.66. The van der Waals surface area contributed by atoms with Crippen LogP contribution in [0.5, 0.6) is 5.75 Å². The number of hydrogen-bond donors (Lipinski definition) is 2. The Balaban J connectivity index is 2.30. The van der Waals surface area contributed by atoms with Gasteiger partial charge in [-0.15, -0.1) is 0 Å². The second-order valence-electron chi connectivity index (χ2n) is 5.21. The summed E-state index contributed by atoms with van der Waals surface area (Å²) >= 11 is 0. The van der Waals surface area contributed by atoms with Crippen LogP contribution in [0.25, 0.3) is 0 Å². The molecule has 0 spiro atoms. The van der Waals surface area contributed by atoms with Crippen LogP contribution in [-0.2, 0) is 4.79 Å². The van der Waals surface area contributed by atoms with E-state index in [0.717, 1.165) is 19.3 Å². The Hall–Kier alpha value is -1.55. The van der Waals surface area contributed by atoms with E-state index in [9.17, 15) is 15.0 Å². The molecule has 1 aliphatic rings. The fourth-order valence-corrected chi connectivity index (χ4v) is 2.93. The van der Waals surface area contributed by atoms with Gasteiger partial charge < -0.3 is 14.9 Å². The average Bonchev–Trinajstić information content (AvgIpc) is 2.40. The van der Waals surface area contributed by atoms with Crippen LogP contribution in [0.1, 0.15) is 43.6 Å². The first kappa shape index (κ1) is 13.9. The first-order valence-corrected chi connectivity index (χ1v) is 6.66. The van der Waals surface area contributed by atoms with Crippen LogP contribution in [0.15, 0.2) is 24.3 Å². The molecule has 4 nitrogen and oxygen atoms in total. The third-order valence-corrected chi connectivity index (χ3v) is 3.95. The molecular formula is C15H20O4. The normalized spacial score (nSPS) is 19.7. The highest BCUT2D eigenvalue weighted by molar-refractivity contribution is 5.78. The van der Waals surface area contributed by atoms with Gasteiger partial charge in [0.05, 0.1) is 12.7 Å². The largest absolute Gasteiger partial charge is 0.497 e. The lowest BCUT2D eigenvalue weighted by atomic mass is 9.73. The summed E-state index contributed by atoms with van der Waals surface area (Å²) in [5.74, 6) is -1.14. The topological polar surface area (TPSA) is 66.8 Å². The van der Waals surface area contributed by atoms with E-state index in [4.69, 9.17) is 4.74 Å². The lowest BCUT2D eigenvalue weighted by molar-refractivity contribution is -0.147. The highest BCUT2D eigenvalue weighted by Crippen LogP contribution is 2.40. The second kappa shape index (κ2) is 5.61. The molecular weight excluding hydrogens is 244 g/mol. The van der Waals surface area contributed by atoms with Crippen LogP contribution in [0.2, 0.25) is 0 Å². The van der Waals surface area contributed by atoms with E-state index in [2.05, 4.69) is 0 Å². The van der Waals surface area contributed by atoms with Crippen molar-refractivity contribution >= 4 is 5.97 Å². The van der Waals surface area contributed by atoms with Gasteiger partial charge in [0.1, 0.15) is 11.7 Å². The molecule has 0 aromatic heterocycles. The van der Waals surface area contributed by atoms with E-state index in [1.54, 1.807) is 31.4 Å². The van der Waals surface area contributed by atoms with Crippen molar-refractivity contribution in [2.75, 3.05) is 7.11 Å². The van der Waals surface area contributed by atoms with Crippen LogP contribution in [-0.4, -0.2) is 28.9 Å². The smallest absolute Gasteiger partial charge is 0.313 e. The zero-order valence-corrected chi connectivity index (χ0v) is 11.1. The Bertz CT molecular complexity index is 432. The Morgan fingerprint density at radius 1 is 1.21 bits per heavy atom. The molecule has 1 fully saturated rings. The van der Waals surface area contributed by atoms with Crippen LogP contribution >= 0.6 is 0 Å². The molecule has 2 N–H and O–H groups in total. The predicted molar refractivity (Wildman–Crippen MR) is 71.4 cm³/mol. The molecule has 1 saturated carbocycles. The molecule has 0 bridgehead atoms. The number of methoxy groups -OCH3 is 1. The molecule has 0 aliphatic heterocycles. The maximum atomic E-state index is 11.6. The van der Waals surface area contributed by atoms with E-state index in [1.165, 1.54) is 0 Å². The molecule has 1 aromatic carbocycles. The van der Waals surface area contributed by atoms with Crippen molar-refractivity contribution in [2.45, 2.75) is 43.6 Å². The van der Waals surface area contributed by atoms with E-state index in [1.807, 2.05) is 0 Å². The number of carbonyl (C=O) groups is 1. The van der Waals surface area contributed by atoms with Gasteiger partial charge in [-0.3, -0.25) is 4.79 Å². The maximum absolute atomic E-state index is 11.6. The molecule has 1 aromatic rings. The van der Waals surface area contributed by atoms with Crippen LogP contribution < -0.4 is 4.74 Å². The van der Waals surface area contributed by atoms with Gasteiger partial charge in [-0.25, -0.2) is 0 Å². The standard InChI is InChI=1S/C15H20O4/c1-19-12-7-5-11(6-8-12)13(14(16)17)15(18)9-3-2-4-10-15/h5-8,13,18H,2-4,9-10H2,1H3,(H,16,17). The Labute approximate surface area is 113 Å². The van der Waals surface area contributed by atoms with Crippen LogP contribution in [0, 0.1) is 0 Å². The van der Waals surface area contributed by atoms with Gasteiger partial charge in [0.2, 0.25) is 0 Å². The molecule has 0 radical (unpaired) electrons. The lowest BCUT2D eigenvalue weighted by Gasteiger charge is -2.37. The second-order valence-corrected chi connectivity index (χ2v) is 5.21. The quantitative estimate of drug-likeness (QED) is 0.877. The Morgan fingerprint density at radius 2 is 1.79 bits per heavy atom. The molecule has 19 heavy (non-hydrogen) atoms. The van der Waals surface area contributed by atoms with Gasteiger partial charge >= 0.3 is 5.97 Å². The first-order chi connectivity index (χ1) is 9.07. The van der Waals surface area contributed by atoms with Gasteiger partial charge in [0.25, 0.3) is 0 Å². The molecule has 2 rings (SSSR count).